The Kier molecular flexibility index (Phi) is 8.75. The van der Waals surface area contributed by atoms with Gasteiger partial charge in [-0.05, 0) is 74.5 Å². The van der Waals surface area contributed by atoms with E-state index in [0.29, 0.717) is 11.8 Å². The summed E-state index contributed by atoms with van der Waals surface area (Å²) in [6.07, 6.45) is 16.0. The van der Waals surface area contributed by atoms with Gasteiger partial charge in [0.1, 0.15) is 6.10 Å². The van der Waals surface area contributed by atoms with E-state index in [2.05, 4.69) is 61.8 Å². The first kappa shape index (κ1) is 26.3. The molecule has 2 atom stereocenters. The van der Waals surface area contributed by atoms with Crippen molar-refractivity contribution in [3.05, 3.63) is 56.5 Å². The number of rotatable bonds is 12. The van der Waals surface area contributed by atoms with Gasteiger partial charge in [0.2, 0.25) is 0 Å². The van der Waals surface area contributed by atoms with Gasteiger partial charge in [-0.1, -0.05) is 63.3 Å². The molecule has 4 aliphatic rings. The third kappa shape index (κ3) is 7.36. The van der Waals surface area contributed by atoms with Gasteiger partial charge >= 0.3 is 0 Å². The number of hydrogen-bond donors (Lipinski definition) is 0. The second kappa shape index (κ2) is 12.0. The Morgan fingerprint density at radius 3 is 2.69 bits per heavy atom. The minimum atomic E-state index is 0.214. The van der Waals surface area contributed by atoms with Crippen molar-refractivity contribution in [1.29, 1.82) is 0 Å². The van der Waals surface area contributed by atoms with Crippen molar-refractivity contribution >= 4 is 11.3 Å². The smallest absolute Gasteiger partial charge is 0.110 e. The second-order valence-electron chi connectivity index (χ2n) is 12.4. The van der Waals surface area contributed by atoms with Gasteiger partial charge in [0.15, 0.2) is 0 Å². The standard InChI is InChI=1S/C32H48N2OS/c1-23(2)19-34(20-27-11-12-28(24(3)18-27)7-5-6-26-9-10-26)32(29-13-14-29)31-22-33(16-17-35-31)21-30-15-8-25(4)36-30/h8,11-12,15,23-24,26,31H,5-7,9-10,13-14,16-22H2,1-4H3. The topological polar surface area (TPSA) is 15.7 Å². The monoisotopic (exact) mass is 508 g/mol. The van der Waals surface area contributed by atoms with Crippen LogP contribution < -0.4 is 0 Å². The van der Waals surface area contributed by atoms with Gasteiger partial charge in [-0.3, -0.25) is 4.90 Å². The van der Waals surface area contributed by atoms with E-state index in [1.165, 1.54) is 66.8 Å². The van der Waals surface area contributed by atoms with Gasteiger partial charge in [0.05, 0.1) is 6.61 Å². The van der Waals surface area contributed by atoms with Crippen LogP contribution in [0.2, 0.25) is 0 Å². The molecule has 2 heterocycles. The molecular weight excluding hydrogens is 460 g/mol. The SMILES string of the molecule is Cc1ccc(CN2CCOC(C(=C3CC3)N(CC3=CC=C(CCCC4CC4)C(C)C3)CC(C)C)C2)s1. The molecule has 36 heavy (non-hydrogen) atoms. The zero-order valence-electron chi connectivity index (χ0n) is 23.2. The average molecular weight is 509 g/mol. The molecule has 2 saturated carbocycles. The lowest BCUT2D eigenvalue weighted by Crippen LogP contribution is -2.47. The Morgan fingerprint density at radius 2 is 2.03 bits per heavy atom. The van der Waals surface area contributed by atoms with Gasteiger partial charge in [-0.2, -0.15) is 0 Å². The Balaban J connectivity index is 1.26. The maximum absolute atomic E-state index is 6.50. The van der Waals surface area contributed by atoms with E-state index in [4.69, 9.17) is 4.74 Å². The lowest BCUT2D eigenvalue weighted by atomic mass is 9.85. The molecule has 0 aromatic carbocycles. The summed E-state index contributed by atoms with van der Waals surface area (Å²) in [5.74, 6) is 2.39. The van der Waals surface area contributed by atoms with E-state index in [0.717, 1.165) is 45.2 Å². The molecule has 1 aromatic rings. The molecule has 0 amide bonds. The summed E-state index contributed by atoms with van der Waals surface area (Å²) in [6.45, 7) is 15.5. The Bertz CT molecular complexity index is 976. The minimum absolute atomic E-state index is 0.214. The summed E-state index contributed by atoms with van der Waals surface area (Å²) in [5, 5.41) is 0. The minimum Gasteiger partial charge on any atom is -0.369 e. The molecule has 0 spiro atoms. The van der Waals surface area contributed by atoms with Crippen LogP contribution in [0.1, 0.15) is 81.9 Å². The fourth-order valence-corrected chi connectivity index (χ4v) is 7.07. The molecule has 4 heteroatoms. The van der Waals surface area contributed by atoms with Crippen LogP contribution >= 0.6 is 11.3 Å². The molecule has 1 saturated heterocycles. The largest absolute Gasteiger partial charge is 0.369 e. The molecule has 1 aromatic heterocycles. The Hall–Kier alpha value is -1.36. The number of hydrogen-bond acceptors (Lipinski definition) is 4. The number of aryl methyl sites for hydroxylation is 1. The fraction of sp³-hybridized carbons (Fsp3) is 0.688. The van der Waals surface area contributed by atoms with Crippen molar-refractivity contribution in [3.63, 3.8) is 0 Å². The molecule has 0 N–H and O–H groups in total. The highest BCUT2D eigenvalue weighted by Crippen LogP contribution is 2.39. The van der Waals surface area contributed by atoms with Crippen LogP contribution in [0.5, 0.6) is 0 Å². The Morgan fingerprint density at radius 1 is 1.19 bits per heavy atom. The van der Waals surface area contributed by atoms with Gasteiger partial charge in [-0.25, -0.2) is 0 Å². The van der Waals surface area contributed by atoms with E-state index >= 15 is 0 Å². The lowest BCUT2D eigenvalue weighted by molar-refractivity contribution is -0.0250. The molecule has 1 aliphatic heterocycles. The van der Waals surface area contributed by atoms with Gasteiger partial charge < -0.3 is 9.64 Å². The number of ether oxygens (including phenoxy) is 1. The second-order valence-corrected chi connectivity index (χ2v) is 13.7. The predicted octanol–water partition coefficient (Wildman–Crippen LogP) is 7.74. The van der Waals surface area contributed by atoms with Gasteiger partial charge in [0.25, 0.3) is 0 Å². The van der Waals surface area contributed by atoms with E-state index in [9.17, 15) is 0 Å². The van der Waals surface area contributed by atoms with Crippen LogP contribution in [0.3, 0.4) is 0 Å². The van der Waals surface area contributed by atoms with Crippen LogP contribution in [0.25, 0.3) is 0 Å². The zero-order chi connectivity index (χ0) is 25.1. The van der Waals surface area contributed by atoms with Crippen molar-refractivity contribution in [2.24, 2.45) is 17.8 Å². The molecule has 2 unspecified atom stereocenters. The number of nitrogens with zero attached hydrogens (tertiary/aromatic N) is 2. The van der Waals surface area contributed by atoms with Crippen LogP contribution in [-0.2, 0) is 11.3 Å². The first-order chi connectivity index (χ1) is 17.4. The van der Waals surface area contributed by atoms with E-state index in [1.807, 2.05) is 11.3 Å². The molecule has 0 bridgehead atoms. The molecule has 5 rings (SSSR count). The highest BCUT2D eigenvalue weighted by atomic mass is 32.1. The highest BCUT2D eigenvalue weighted by molar-refractivity contribution is 7.11. The lowest BCUT2D eigenvalue weighted by Gasteiger charge is -2.40. The highest BCUT2D eigenvalue weighted by Gasteiger charge is 2.33. The van der Waals surface area contributed by atoms with Crippen molar-refractivity contribution in [3.8, 4) is 0 Å². The van der Waals surface area contributed by atoms with Crippen molar-refractivity contribution in [2.45, 2.75) is 91.7 Å². The molecule has 3 aliphatic carbocycles. The molecule has 3 fully saturated rings. The number of morpholine rings is 1. The first-order valence-corrected chi connectivity index (χ1v) is 15.5. The van der Waals surface area contributed by atoms with Gasteiger partial charge in [-0.15, -0.1) is 11.3 Å². The van der Waals surface area contributed by atoms with Crippen LogP contribution in [-0.4, -0.2) is 48.7 Å². The van der Waals surface area contributed by atoms with Gasteiger partial charge in [0, 0.05) is 48.2 Å². The van der Waals surface area contributed by atoms with E-state index < -0.39 is 0 Å². The third-order valence-electron chi connectivity index (χ3n) is 8.32. The summed E-state index contributed by atoms with van der Waals surface area (Å²) in [6, 6.07) is 4.56. The van der Waals surface area contributed by atoms with Crippen LogP contribution in [0, 0.1) is 24.7 Å². The molecule has 3 nitrogen and oxygen atoms in total. The Labute approximate surface area is 224 Å². The van der Waals surface area contributed by atoms with Crippen LogP contribution in [0.4, 0.5) is 0 Å². The fourth-order valence-electron chi connectivity index (χ4n) is 6.14. The zero-order valence-corrected chi connectivity index (χ0v) is 24.0. The maximum Gasteiger partial charge on any atom is 0.110 e. The van der Waals surface area contributed by atoms with Crippen molar-refractivity contribution in [1.82, 2.24) is 9.80 Å². The summed E-state index contributed by atoms with van der Waals surface area (Å²) in [4.78, 5) is 8.23. The molecular formula is C32H48N2OS. The van der Waals surface area contributed by atoms with Crippen molar-refractivity contribution < 1.29 is 4.74 Å². The first-order valence-electron chi connectivity index (χ1n) is 14.7. The maximum atomic E-state index is 6.50. The molecule has 198 valence electrons. The quantitative estimate of drug-likeness (QED) is 0.287. The summed E-state index contributed by atoms with van der Waals surface area (Å²) >= 11 is 1.94. The summed E-state index contributed by atoms with van der Waals surface area (Å²) in [5.41, 5.74) is 6.47. The molecule has 0 radical (unpaired) electrons. The normalized spacial score (nSPS) is 24.6. The summed E-state index contributed by atoms with van der Waals surface area (Å²) in [7, 11) is 0. The van der Waals surface area contributed by atoms with Crippen LogP contribution in [0.15, 0.2) is 46.7 Å². The number of allylic oxidation sites excluding steroid dienone is 4. The van der Waals surface area contributed by atoms with E-state index in [1.54, 1.807) is 16.7 Å². The predicted molar refractivity (Wildman–Crippen MR) is 153 cm³/mol. The third-order valence-corrected chi connectivity index (χ3v) is 9.31. The number of thiophene rings is 1. The average Bonchev–Trinajstić information content (AvgIpc) is 3.76. The van der Waals surface area contributed by atoms with Crippen molar-refractivity contribution in [2.75, 3.05) is 32.8 Å². The summed E-state index contributed by atoms with van der Waals surface area (Å²) < 4.78 is 6.50. The van der Waals surface area contributed by atoms with E-state index in [-0.39, 0.29) is 6.10 Å².